The lowest BCUT2D eigenvalue weighted by molar-refractivity contribution is 0.134. The van der Waals surface area contributed by atoms with E-state index < -0.39 is 0 Å². The third-order valence-electron chi connectivity index (χ3n) is 3.21. The molecule has 0 heterocycles. The molecule has 2 aromatic carbocycles. The molecule has 0 atom stereocenters. The summed E-state index contributed by atoms with van der Waals surface area (Å²) in [6.45, 7) is 6.40. The lowest BCUT2D eigenvalue weighted by Crippen LogP contribution is -2.04. The molecular weight excluding hydrogens is 234 g/mol. The highest BCUT2D eigenvalue weighted by atomic mass is 16.5. The first-order chi connectivity index (χ1) is 9.31. The Labute approximate surface area is 115 Å². The molecular formula is C17H21NO. The second-order valence-corrected chi connectivity index (χ2v) is 4.57. The van der Waals surface area contributed by atoms with Gasteiger partial charge in [-0.1, -0.05) is 42.5 Å². The number of ether oxygens (including phenoxy) is 1. The van der Waals surface area contributed by atoms with Gasteiger partial charge in [0.25, 0.3) is 0 Å². The van der Waals surface area contributed by atoms with Gasteiger partial charge in [0.05, 0.1) is 6.61 Å². The quantitative estimate of drug-likeness (QED) is 0.837. The van der Waals surface area contributed by atoms with E-state index in [0.717, 1.165) is 18.8 Å². The second kappa shape index (κ2) is 6.95. The van der Waals surface area contributed by atoms with Crippen LogP contribution in [0, 0.1) is 6.92 Å². The minimum Gasteiger partial charge on any atom is -0.381 e. The predicted molar refractivity (Wildman–Crippen MR) is 80.3 cm³/mol. The number of hydrogen-bond acceptors (Lipinski definition) is 2. The van der Waals surface area contributed by atoms with Crippen LogP contribution in [0.1, 0.15) is 23.6 Å². The van der Waals surface area contributed by atoms with Crippen molar-refractivity contribution in [2.45, 2.75) is 27.0 Å². The van der Waals surface area contributed by atoms with Gasteiger partial charge >= 0.3 is 0 Å². The van der Waals surface area contributed by atoms with Crippen molar-refractivity contribution in [1.29, 1.82) is 0 Å². The summed E-state index contributed by atoms with van der Waals surface area (Å²) in [6, 6.07) is 16.8. The largest absolute Gasteiger partial charge is 0.381 e. The number of aryl methyl sites for hydroxylation is 1. The van der Waals surface area contributed by atoms with Crippen molar-refractivity contribution in [2.75, 3.05) is 11.9 Å². The van der Waals surface area contributed by atoms with E-state index in [2.05, 4.69) is 54.7 Å². The van der Waals surface area contributed by atoms with Crippen LogP contribution in [0.3, 0.4) is 0 Å². The molecule has 100 valence electrons. The Hall–Kier alpha value is -1.80. The summed E-state index contributed by atoms with van der Waals surface area (Å²) < 4.78 is 5.50. The minimum absolute atomic E-state index is 0.660. The molecule has 0 aliphatic rings. The van der Waals surface area contributed by atoms with Gasteiger partial charge in [0, 0.05) is 24.4 Å². The van der Waals surface area contributed by atoms with E-state index in [1.54, 1.807) is 0 Å². The van der Waals surface area contributed by atoms with Gasteiger partial charge in [-0.3, -0.25) is 0 Å². The zero-order valence-corrected chi connectivity index (χ0v) is 11.6. The first-order valence-electron chi connectivity index (χ1n) is 6.75. The van der Waals surface area contributed by atoms with E-state index in [-0.39, 0.29) is 0 Å². The van der Waals surface area contributed by atoms with Crippen LogP contribution < -0.4 is 5.32 Å². The molecule has 0 spiro atoms. The topological polar surface area (TPSA) is 21.3 Å². The Bertz CT molecular complexity index is 522. The summed E-state index contributed by atoms with van der Waals surface area (Å²) in [6.07, 6.45) is 0. The maximum Gasteiger partial charge on any atom is 0.0736 e. The zero-order valence-electron chi connectivity index (χ0n) is 11.6. The number of benzene rings is 2. The van der Waals surface area contributed by atoms with Crippen LogP contribution in [0.25, 0.3) is 0 Å². The van der Waals surface area contributed by atoms with Crippen LogP contribution in [0.2, 0.25) is 0 Å². The zero-order chi connectivity index (χ0) is 13.5. The van der Waals surface area contributed by atoms with Gasteiger partial charge in [0.2, 0.25) is 0 Å². The molecule has 0 aliphatic carbocycles. The van der Waals surface area contributed by atoms with E-state index in [1.165, 1.54) is 16.7 Å². The Balaban J connectivity index is 2.05. The molecule has 2 nitrogen and oxygen atoms in total. The van der Waals surface area contributed by atoms with Crippen LogP contribution in [0.15, 0.2) is 48.5 Å². The molecule has 0 radical (unpaired) electrons. The number of anilines is 1. The molecule has 0 aliphatic heterocycles. The molecule has 0 unspecified atom stereocenters. The molecule has 0 fully saturated rings. The smallest absolute Gasteiger partial charge is 0.0736 e. The van der Waals surface area contributed by atoms with Crippen molar-refractivity contribution in [3.63, 3.8) is 0 Å². The standard InChI is InChI=1S/C17H21NO/c1-3-19-13-16-10-6-7-11-17(16)18-12-15-9-5-4-8-14(15)2/h4-11,18H,3,12-13H2,1-2H3. The van der Waals surface area contributed by atoms with Crippen LogP contribution in [0.4, 0.5) is 5.69 Å². The summed E-state index contributed by atoms with van der Waals surface area (Å²) in [4.78, 5) is 0. The molecule has 0 saturated carbocycles. The Kier molecular flexibility index (Phi) is 4.99. The van der Waals surface area contributed by atoms with E-state index >= 15 is 0 Å². The average molecular weight is 255 g/mol. The summed E-state index contributed by atoms with van der Waals surface area (Å²) in [5, 5.41) is 3.50. The highest BCUT2D eigenvalue weighted by Crippen LogP contribution is 2.18. The first-order valence-corrected chi connectivity index (χ1v) is 6.75. The Morgan fingerprint density at radius 3 is 2.37 bits per heavy atom. The van der Waals surface area contributed by atoms with Gasteiger partial charge in [0.1, 0.15) is 0 Å². The van der Waals surface area contributed by atoms with Crippen molar-refractivity contribution >= 4 is 5.69 Å². The first kappa shape index (κ1) is 13.6. The van der Waals surface area contributed by atoms with Crippen molar-refractivity contribution in [2.24, 2.45) is 0 Å². The molecule has 2 heteroatoms. The second-order valence-electron chi connectivity index (χ2n) is 4.57. The summed E-state index contributed by atoms with van der Waals surface area (Å²) in [5.74, 6) is 0. The number of hydrogen-bond donors (Lipinski definition) is 1. The molecule has 0 saturated heterocycles. The third kappa shape index (κ3) is 3.83. The average Bonchev–Trinajstić information content (AvgIpc) is 2.45. The van der Waals surface area contributed by atoms with Crippen molar-refractivity contribution in [3.8, 4) is 0 Å². The van der Waals surface area contributed by atoms with Crippen LogP contribution in [-0.4, -0.2) is 6.61 Å². The minimum atomic E-state index is 0.660. The fourth-order valence-electron chi connectivity index (χ4n) is 2.03. The van der Waals surface area contributed by atoms with Crippen molar-refractivity contribution < 1.29 is 4.74 Å². The number of para-hydroxylation sites is 1. The normalized spacial score (nSPS) is 10.4. The van der Waals surface area contributed by atoms with Gasteiger partial charge in [-0.25, -0.2) is 0 Å². The molecule has 2 rings (SSSR count). The molecule has 19 heavy (non-hydrogen) atoms. The SMILES string of the molecule is CCOCc1ccccc1NCc1ccccc1C. The Morgan fingerprint density at radius 1 is 0.947 bits per heavy atom. The molecule has 0 aromatic heterocycles. The lowest BCUT2D eigenvalue weighted by Gasteiger charge is -2.13. The van der Waals surface area contributed by atoms with E-state index in [4.69, 9.17) is 4.74 Å². The van der Waals surface area contributed by atoms with Gasteiger partial charge < -0.3 is 10.1 Å². The Morgan fingerprint density at radius 2 is 1.63 bits per heavy atom. The lowest BCUT2D eigenvalue weighted by atomic mass is 10.1. The summed E-state index contributed by atoms with van der Waals surface area (Å²) >= 11 is 0. The highest BCUT2D eigenvalue weighted by Gasteiger charge is 2.02. The molecule has 2 aromatic rings. The summed E-state index contributed by atoms with van der Waals surface area (Å²) in [5.41, 5.74) is 5.00. The third-order valence-corrected chi connectivity index (χ3v) is 3.21. The van der Waals surface area contributed by atoms with E-state index in [9.17, 15) is 0 Å². The van der Waals surface area contributed by atoms with Crippen LogP contribution >= 0.6 is 0 Å². The fraction of sp³-hybridized carbons (Fsp3) is 0.294. The van der Waals surface area contributed by atoms with Crippen LogP contribution in [0.5, 0.6) is 0 Å². The maximum atomic E-state index is 5.50. The van der Waals surface area contributed by atoms with Crippen LogP contribution in [-0.2, 0) is 17.9 Å². The maximum absolute atomic E-state index is 5.50. The molecule has 0 bridgehead atoms. The van der Waals surface area contributed by atoms with E-state index in [1.807, 2.05) is 13.0 Å². The van der Waals surface area contributed by atoms with Gasteiger partial charge in [-0.2, -0.15) is 0 Å². The highest BCUT2D eigenvalue weighted by molar-refractivity contribution is 5.51. The molecule has 0 amide bonds. The van der Waals surface area contributed by atoms with Gasteiger partial charge in [-0.15, -0.1) is 0 Å². The predicted octanol–water partition coefficient (Wildman–Crippen LogP) is 4.14. The van der Waals surface area contributed by atoms with Crippen molar-refractivity contribution in [3.05, 3.63) is 65.2 Å². The van der Waals surface area contributed by atoms with Crippen molar-refractivity contribution in [1.82, 2.24) is 0 Å². The monoisotopic (exact) mass is 255 g/mol. The molecule has 1 N–H and O–H groups in total. The van der Waals surface area contributed by atoms with E-state index in [0.29, 0.717) is 6.61 Å². The fourth-order valence-corrected chi connectivity index (χ4v) is 2.03. The van der Waals surface area contributed by atoms with Gasteiger partial charge in [-0.05, 0) is 31.0 Å². The summed E-state index contributed by atoms with van der Waals surface area (Å²) in [7, 11) is 0. The number of rotatable bonds is 6. The van der Waals surface area contributed by atoms with Gasteiger partial charge in [0.15, 0.2) is 0 Å². The number of nitrogens with one attached hydrogen (secondary N) is 1.